The molecule has 4 rings (SSSR count). The van der Waals surface area contributed by atoms with Crippen molar-refractivity contribution < 1.29 is 27.1 Å². The molecule has 4 aromatic rings. The highest BCUT2D eigenvalue weighted by Gasteiger charge is 2.31. The van der Waals surface area contributed by atoms with Gasteiger partial charge in [0.2, 0.25) is 0 Å². The maximum absolute atomic E-state index is 13.5. The predicted molar refractivity (Wildman–Crippen MR) is 128 cm³/mol. The van der Waals surface area contributed by atoms with Gasteiger partial charge >= 0.3 is 6.36 Å². The molecule has 0 aliphatic heterocycles. The number of ether oxygens (including phenoxy) is 1. The highest BCUT2D eigenvalue weighted by molar-refractivity contribution is 7.98. The summed E-state index contributed by atoms with van der Waals surface area (Å²) in [7, 11) is 0. The summed E-state index contributed by atoms with van der Waals surface area (Å²) in [6.07, 6.45) is -4.84. The number of halogens is 5. The van der Waals surface area contributed by atoms with Gasteiger partial charge in [-0.25, -0.2) is 19.0 Å². The van der Waals surface area contributed by atoms with E-state index in [9.17, 15) is 22.4 Å². The lowest BCUT2D eigenvalue weighted by molar-refractivity contribution is -0.274. The van der Waals surface area contributed by atoms with Gasteiger partial charge in [-0.3, -0.25) is 4.79 Å². The minimum absolute atomic E-state index is 0.0621. The van der Waals surface area contributed by atoms with Crippen LogP contribution in [0.5, 0.6) is 5.75 Å². The fourth-order valence-electron chi connectivity index (χ4n) is 3.26. The minimum atomic E-state index is -4.84. The zero-order valence-electron chi connectivity index (χ0n) is 19.2. The number of hydrogen-bond acceptors (Lipinski definition) is 7. The van der Waals surface area contributed by atoms with Crippen LogP contribution in [0.1, 0.15) is 27.6 Å². The number of nitrogens with zero attached hydrogens (tertiary/aromatic N) is 5. The molecule has 0 radical (unpaired) electrons. The molecule has 0 spiro atoms. The monoisotopic (exact) mass is 552 g/mol. The van der Waals surface area contributed by atoms with E-state index < -0.39 is 23.8 Å². The maximum Gasteiger partial charge on any atom is 0.573 e. The summed E-state index contributed by atoms with van der Waals surface area (Å²) in [6.45, 7) is 3.64. The van der Waals surface area contributed by atoms with Gasteiger partial charge in [0.05, 0.1) is 16.4 Å². The van der Waals surface area contributed by atoms with E-state index in [1.54, 1.807) is 0 Å². The molecule has 1 amide bonds. The first kappa shape index (κ1) is 26.4. The number of carbonyl (C=O) groups excluding carboxylic acids is 1. The Morgan fingerprint density at radius 3 is 2.38 bits per heavy atom. The Bertz CT molecular complexity index is 1430. The van der Waals surface area contributed by atoms with Crippen molar-refractivity contribution in [3.05, 3.63) is 82.1 Å². The van der Waals surface area contributed by atoms with Crippen molar-refractivity contribution in [2.45, 2.75) is 31.1 Å². The number of anilines is 1. The van der Waals surface area contributed by atoms with Gasteiger partial charge < -0.3 is 10.1 Å². The molecule has 37 heavy (non-hydrogen) atoms. The van der Waals surface area contributed by atoms with Crippen LogP contribution >= 0.6 is 23.4 Å². The summed E-state index contributed by atoms with van der Waals surface area (Å²) in [4.78, 5) is 21.8. The topological polar surface area (TPSA) is 94.8 Å². The molecule has 0 bridgehead atoms. The van der Waals surface area contributed by atoms with E-state index in [4.69, 9.17) is 11.6 Å². The van der Waals surface area contributed by atoms with Gasteiger partial charge in [0.15, 0.2) is 10.9 Å². The molecule has 2 aromatic heterocycles. The van der Waals surface area contributed by atoms with Gasteiger partial charge in [-0.05, 0) is 62.4 Å². The van der Waals surface area contributed by atoms with Gasteiger partial charge in [0.25, 0.3) is 5.91 Å². The van der Waals surface area contributed by atoms with Gasteiger partial charge in [0, 0.05) is 22.8 Å². The third-order valence-corrected chi connectivity index (χ3v) is 5.92. The molecule has 192 valence electrons. The van der Waals surface area contributed by atoms with Crippen molar-refractivity contribution in [3.8, 4) is 11.4 Å². The van der Waals surface area contributed by atoms with Crippen LogP contribution < -0.4 is 10.1 Å². The quantitative estimate of drug-likeness (QED) is 0.173. The van der Waals surface area contributed by atoms with E-state index in [1.807, 2.05) is 19.9 Å². The van der Waals surface area contributed by atoms with Crippen LogP contribution in [-0.2, 0) is 5.75 Å². The zero-order chi connectivity index (χ0) is 26.7. The fraction of sp³-hybridized carbons (Fsp3) is 0.174. The Kier molecular flexibility index (Phi) is 7.64. The molecule has 0 fully saturated rings. The molecular weight excluding hydrogens is 536 g/mol. The largest absolute Gasteiger partial charge is 0.573 e. The molecule has 0 aliphatic rings. The Hall–Kier alpha value is -3.71. The molecule has 0 atom stereocenters. The number of alkyl halides is 3. The number of aryl methyl sites for hydroxylation is 2. The Morgan fingerprint density at radius 2 is 1.76 bits per heavy atom. The normalized spacial score (nSPS) is 11.4. The summed E-state index contributed by atoms with van der Waals surface area (Å²) < 4.78 is 56.3. The predicted octanol–water partition coefficient (Wildman–Crippen LogP) is 5.91. The molecule has 0 saturated heterocycles. The second kappa shape index (κ2) is 10.7. The minimum Gasteiger partial charge on any atom is -0.406 e. The second-order valence-electron chi connectivity index (χ2n) is 7.64. The maximum atomic E-state index is 13.5. The Labute approximate surface area is 217 Å². The van der Waals surface area contributed by atoms with Crippen molar-refractivity contribution in [2.24, 2.45) is 0 Å². The van der Waals surface area contributed by atoms with Crippen molar-refractivity contribution in [3.63, 3.8) is 0 Å². The summed E-state index contributed by atoms with van der Waals surface area (Å²) in [5, 5.41) is 10.9. The second-order valence-corrected chi connectivity index (χ2v) is 8.99. The van der Waals surface area contributed by atoms with Crippen molar-refractivity contribution in [1.82, 2.24) is 25.0 Å². The van der Waals surface area contributed by atoms with Crippen LogP contribution in [0.25, 0.3) is 5.69 Å². The Morgan fingerprint density at radius 1 is 1.08 bits per heavy atom. The zero-order valence-corrected chi connectivity index (χ0v) is 20.7. The van der Waals surface area contributed by atoms with E-state index in [2.05, 4.69) is 30.3 Å². The molecule has 1 N–H and O–H groups in total. The van der Waals surface area contributed by atoms with E-state index in [1.165, 1.54) is 40.7 Å². The lowest BCUT2D eigenvalue weighted by Crippen LogP contribution is -2.17. The van der Waals surface area contributed by atoms with Crippen molar-refractivity contribution in [2.75, 3.05) is 5.32 Å². The molecule has 0 aliphatic carbocycles. The van der Waals surface area contributed by atoms with E-state index >= 15 is 0 Å². The number of thioether (sulfide) groups is 1. The molecule has 14 heteroatoms. The summed E-state index contributed by atoms with van der Waals surface area (Å²) >= 11 is 7.02. The fourth-order valence-corrected chi connectivity index (χ4v) is 4.38. The van der Waals surface area contributed by atoms with Gasteiger partial charge in [-0.2, -0.15) is 0 Å². The number of benzene rings is 2. The van der Waals surface area contributed by atoms with Crippen molar-refractivity contribution in [1.29, 1.82) is 0 Å². The average Bonchev–Trinajstić information content (AvgIpc) is 3.23. The first-order valence-electron chi connectivity index (χ1n) is 10.5. The third kappa shape index (κ3) is 6.74. The molecule has 8 nitrogen and oxygen atoms in total. The summed E-state index contributed by atoms with van der Waals surface area (Å²) in [5.41, 5.74) is 2.34. The van der Waals surface area contributed by atoms with Crippen molar-refractivity contribution >= 4 is 35.0 Å². The number of carbonyl (C=O) groups is 1. The van der Waals surface area contributed by atoms with E-state index in [0.717, 1.165) is 29.6 Å². The summed E-state index contributed by atoms with van der Waals surface area (Å²) in [5.74, 6) is -1.57. The van der Waals surface area contributed by atoms with Gasteiger partial charge in [-0.1, -0.05) is 28.6 Å². The average molecular weight is 553 g/mol. The molecule has 2 heterocycles. The standard InChI is InChI=1S/C23H17ClF4N6O2S/c1-12-9-13(2)30-22(29-12)37-11-19-20(21(35)31-14-3-8-18(25)17(24)10-14)32-33-34(19)15-4-6-16(7-5-15)36-23(26,27)28/h3-10H,11H2,1-2H3,(H,31,35). The molecular formula is C23H17ClF4N6O2S. The van der Waals surface area contributed by atoms with E-state index in [0.29, 0.717) is 16.5 Å². The van der Waals surface area contributed by atoms with Crippen LogP contribution in [-0.4, -0.2) is 37.2 Å². The first-order valence-corrected chi connectivity index (χ1v) is 11.9. The van der Waals surface area contributed by atoms with Crippen LogP contribution in [0.3, 0.4) is 0 Å². The lowest BCUT2D eigenvalue weighted by atomic mass is 10.2. The number of nitrogens with one attached hydrogen (secondary N) is 1. The number of aromatic nitrogens is 5. The highest BCUT2D eigenvalue weighted by Crippen LogP contribution is 2.27. The number of hydrogen-bond donors (Lipinski definition) is 1. The SMILES string of the molecule is Cc1cc(C)nc(SCc2c(C(=O)Nc3ccc(F)c(Cl)c3)nnn2-c2ccc(OC(F)(F)F)cc2)n1. The lowest BCUT2D eigenvalue weighted by Gasteiger charge is -2.11. The number of amides is 1. The van der Waals surface area contributed by atoms with Gasteiger partial charge in [-0.15, -0.1) is 18.3 Å². The van der Waals surface area contributed by atoms with Crippen LogP contribution in [0.2, 0.25) is 5.02 Å². The highest BCUT2D eigenvalue weighted by atomic mass is 35.5. The molecule has 0 saturated carbocycles. The van der Waals surface area contributed by atoms with Crippen LogP contribution in [0.15, 0.2) is 53.7 Å². The third-order valence-electron chi connectivity index (χ3n) is 4.77. The van der Waals surface area contributed by atoms with Crippen LogP contribution in [0.4, 0.5) is 23.2 Å². The van der Waals surface area contributed by atoms with E-state index in [-0.39, 0.29) is 22.2 Å². The molecule has 2 aromatic carbocycles. The number of rotatable bonds is 7. The van der Waals surface area contributed by atoms with Gasteiger partial charge in [0.1, 0.15) is 11.6 Å². The van der Waals surface area contributed by atoms with Crippen LogP contribution in [0, 0.1) is 19.7 Å². The molecule has 0 unspecified atom stereocenters. The smallest absolute Gasteiger partial charge is 0.406 e. The summed E-state index contributed by atoms with van der Waals surface area (Å²) in [6, 6.07) is 10.4. The Balaban J connectivity index is 1.66. The first-order chi connectivity index (χ1) is 17.5.